The SMILES string of the molecule is CCC1(C)OB(c2ccc(C)cc2)OC1(C)C. The Morgan fingerprint density at radius 2 is 1.65 bits per heavy atom. The Morgan fingerprint density at radius 1 is 1.06 bits per heavy atom. The number of aryl methyl sites for hydroxylation is 1. The van der Waals surface area contributed by atoms with Gasteiger partial charge in [0.1, 0.15) is 0 Å². The van der Waals surface area contributed by atoms with E-state index in [4.69, 9.17) is 9.31 Å². The second kappa shape index (κ2) is 4.15. The minimum Gasteiger partial charge on any atom is -0.399 e. The van der Waals surface area contributed by atoms with Gasteiger partial charge in [-0.3, -0.25) is 0 Å². The Bertz CT molecular complexity index is 399. The van der Waals surface area contributed by atoms with E-state index in [0.717, 1.165) is 11.9 Å². The molecule has 1 aliphatic rings. The van der Waals surface area contributed by atoms with Gasteiger partial charge in [-0.05, 0) is 39.6 Å². The molecule has 0 radical (unpaired) electrons. The summed E-state index contributed by atoms with van der Waals surface area (Å²) in [5.41, 5.74) is 1.88. The van der Waals surface area contributed by atoms with Crippen molar-refractivity contribution in [2.24, 2.45) is 0 Å². The average molecular weight is 232 g/mol. The highest BCUT2D eigenvalue weighted by Gasteiger charge is 2.53. The third-order valence-electron chi connectivity index (χ3n) is 4.07. The van der Waals surface area contributed by atoms with Crippen LogP contribution in [0.4, 0.5) is 0 Å². The summed E-state index contributed by atoms with van der Waals surface area (Å²) in [6.07, 6.45) is 0.947. The molecule has 2 rings (SSSR count). The van der Waals surface area contributed by atoms with Crippen molar-refractivity contribution in [2.75, 3.05) is 0 Å². The first kappa shape index (κ1) is 12.7. The third-order valence-corrected chi connectivity index (χ3v) is 4.07. The summed E-state index contributed by atoms with van der Waals surface area (Å²) in [5.74, 6) is 0. The van der Waals surface area contributed by atoms with Gasteiger partial charge in [-0.1, -0.05) is 36.8 Å². The minimum atomic E-state index is -0.253. The van der Waals surface area contributed by atoms with E-state index in [1.165, 1.54) is 5.56 Å². The molecule has 1 aromatic rings. The van der Waals surface area contributed by atoms with E-state index in [1.54, 1.807) is 0 Å². The van der Waals surface area contributed by atoms with Crippen LogP contribution in [0.5, 0.6) is 0 Å². The maximum Gasteiger partial charge on any atom is 0.494 e. The van der Waals surface area contributed by atoms with E-state index < -0.39 is 0 Å². The zero-order valence-corrected chi connectivity index (χ0v) is 11.4. The summed E-state index contributed by atoms with van der Waals surface area (Å²) in [4.78, 5) is 0. The van der Waals surface area contributed by atoms with Crippen molar-refractivity contribution < 1.29 is 9.31 Å². The van der Waals surface area contributed by atoms with Crippen LogP contribution in [-0.2, 0) is 9.31 Å². The van der Waals surface area contributed by atoms with Gasteiger partial charge in [-0.2, -0.15) is 0 Å². The van der Waals surface area contributed by atoms with E-state index >= 15 is 0 Å². The van der Waals surface area contributed by atoms with Crippen LogP contribution in [0.3, 0.4) is 0 Å². The van der Waals surface area contributed by atoms with Crippen LogP contribution >= 0.6 is 0 Å². The fraction of sp³-hybridized carbons (Fsp3) is 0.571. The lowest BCUT2D eigenvalue weighted by Gasteiger charge is -2.35. The van der Waals surface area contributed by atoms with Gasteiger partial charge in [0.15, 0.2) is 0 Å². The summed E-state index contributed by atoms with van der Waals surface area (Å²) in [5, 5.41) is 0. The largest absolute Gasteiger partial charge is 0.494 e. The van der Waals surface area contributed by atoms with Gasteiger partial charge in [0.2, 0.25) is 0 Å². The molecule has 1 heterocycles. The summed E-state index contributed by atoms with van der Waals surface area (Å²) in [7, 11) is -0.240. The lowest BCUT2D eigenvalue weighted by atomic mass is 9.79. The number of hydrogen-bond acceptors (Lipinski definition) is 2. The molecule has 17 heavy (non-hydrogen) atoms. The maximum atomic E-state index is 6.12. The molecular weight excluding hydrogens is 211 g/mol. The molecule has 0 bridgehead atoms. The average Bonchev–Trinajstić information content (AvgIpc) is 2.52. The Balaban J connectivity index is 2.24. The highest BCUT2D eigenvalue weighted by Crippen LogP contribution is 2.39. The molecule has 0 amide bonds. The molecule has 0 spiro atoms. The molecule has 1 atom stereocenters. The van der Waals surface area contributed by atoms with Gasteiger partial charge in [0.05, 0.1) is 11.2 Å². The van der Waals surface area contributed by atoms with Crippen LogP contribution in [0.15, 0.2) is 24.3 Å². The number of hydrogen-bond donors (Lipinski definition) is 0. The Morgan fingerprint density at radius 3 is 2.12 bits per heavy atom. The first-order chi connectivity index (χ1) is 7.88. The molecule has 2 nitrogen and oxygen atoms in total. The predicted molar refractivity (Wildman–Crippen MR) is 71.5 cm³/mol. The van der Waals surface area contributed by atoms with Gasteiger partial charge in [-0.25, -0.2) is 0 Å². The van der Waals surface area contributed by atoms with Crippen LogP contribution < -0.4 is 5.46 Å². The predicted octanol–water partition coefficient (Wildman–Crippen LogP) is 2.68. The molecule has 0 N–H and O–H groups in total. The van der Waals surface area contributed by atoms with Gasteiger partial charge < -0.3 is 9.31 Å². The van der Waals surface area contributed by atoms with E-state index in [0.29, 0.717) is 0 Å². The summed E-state index contributed by atoms with van der Waals surface area (Å²) in [6, 6.07) is 8.35. The Hall–Kier alpha value is -0.795. The third kappa shape index (κ3) is 2.14. The van der Waals surface area contributed by atoms with Gasteiger partial charge >= 0.3 is 7.12 Å². The van der Waals surface area contributed by atoms with Crippen LogP contribution in [0.25, 0.3) is 0 Å². The molecule has 1 fully saturated rings. The monoisotopic (exact) mass is 232 g/mol. The van der Waals surface area contributed by atoms with Crippen LogP contribution in [0.2, 0.25) is 0 Å². The van der Waals surface area contributed by atoms with E-state index in [1.807, 2.05) is 0 Å². The van der Waals surface area contributed by atoms with Crippen LogP contribution in [0.1, 0.15) is 39.7 Å². The lowest BCUT2D eigenvalue weighted by Crippen LogP contribution is -2.44. The Kier molecular flexibility index (Phi) is 3.09. The standard InChI is InChI=1S/C14H21BO2/c1-6-14(5)13(3,4)16-15(17-14)12-9-7-11(2)8-10-12/h7-10H,6H2,1-5H3. The van der Waals surface area contributed by atoms with Crippen molar-refractivity contribution in [3.63, 3.8) is 0 Å². The van der Waals surface area contributed by atoms with Crippen molar-refractivity contribution in [3.8, 4) is 0 Å². The molecule has 0 aliphatic carbocycles. The fourth-order valence-corrected chi connectivity index (χ4v) is 2.16. The highest BCUT2D eigenvalue weighted by molar-refractivity contribution is 6.62. The van der Waals surface area contributed by atoms with E-state index in [-0.39, 0.29) is 18.3 Å². The van der Waals surface area contributed by atoms with Crippen LogP contribution in [-0.4, -0.2) is 18.3 Å². The molecule has 3 heteroatoms. The maximum absolute atomic E-state index is 6.12. The van der Waals surface area contributed by atoms with Crippen molar-refractivity contribution in [3.05, 3.63) is 29.8 Å². The Labute approximate surface area is 104 Å². The second-order valence-corrected chi connectivity index (χ2v) is 5.57. The van der Waals surface area contributed by atoms with E-state index in [9.17, 15) is 0 Å². The minimum absolute atomic E-state index is 0.220. The number of benzene rings is 1. The topological polar surface area (TPSA) is 18.5 Å². The van der Waals surface area contributed by atoms with E-state index in [2.05, 4.69) is 58.9 Å². The van der Waals surface area contributed by atoms with Gasteiger partial charge in [0, 0.05) is 0 Å². The highest BCUT2D eigenvalue weighted by atomic mass is 16.7. The molecule has 92 valence electrons. The quantitative estimate of drug-likeness (QED) is 0.730. The summed E-state index contributed by atoms with van der Waals surface area (Å²) < 4.78 is 12.2. The summed E-state index contributed by atoms with van der Waals surface area (Å²) >= 11 is 0. The molecule has 1 unspecified atom stereocenters. The van der Waals surface area contributed by atoms with Crippen molar-refractivity contribution in [2.45, 2.75) is 52.2 Å². The first-order valence-corrected chi connectivity index (χ1v) is 6.30. The van der Waals surface area contributed by atoms with Crippen molar-refractivity contribution >= 4 is 12.6 Å². The zero-order chi connectivity index (χ0) is 12.7. The van der Waals surface area contributed by atoms with Crippen molar-refractivity contribution in [1.29, 1.82) is 0 Å². The molecule has 1 saturated heterocycles. The molecule has 0 aromatic heterocycles. The number of rotatable bonds is 2. The molecule has 0 saturated carbocycles. The van der Waals surface area contributed by atoms with Crippen molar-refractivity contribution in [1.82, 2.24) is 0 Å². The van der Waals surface area contributed by atoms with Crippen LogP contribution in [0, 0.1) is 6.92 Å². The first-order valence-electron chi connectivity index (χ1n) is 6.30. The summed E-state index contributed by atoms with van der Waals surface area (Å²) in [6.45, 7) is 10.6. The molecule has 1 aliphatic heterocycles. The molecule has 1 aromatic carbocycles. The van der Waals surface area contributed by atoms with Gasteiger partial charge in [-0.15, -0.1) is 0 Å². The second-order valence-electron chi connectivity index (χ2n) is 5.57. The fourth-order valence-electron chi connectivity index (χ4n) is 2.16. The smallest absolute Gasteiger partial charge is 0.399 e. The molecular formula is C14H21BO2. The zero-order valence-electron chi connectivity index (χ0n) is 11.4. The van der Waals surface area contributed by atoms with Gasteiger partial charge in [0.25, 0.3) is 0 Å². The lowest BCUT2D eigenvalue weighted by molar-refractivity contribution is -0.0118. The normalized spacial score (nSPS) is 27.5.